The van der Waals surface area contributed by atoms with Crippen LogP contribution < -0.4 is 5.32 Å². The van der Waals surface area contributed by atoms with E-state index in [4.69, 9.17) is 0 Å². The summed E-state index contributed by atoms with van der Waals surface area (Å²) in [4.78, 5) is 26.7. The third-order valence-electron chi connectivity index (χ3n) is 6.26. The number of nitrogens with one attached hydrogen (secondary N) is 1. The van der Waals surface area contributed by atoms with E-state index in [1.165, 1.54) is 9.87 Å². The van der Waals surface area contributed by atoms with Gasteiger partial charge in [0.15, 0.2) is 0 Å². The molecule has 1 fully saturated rings. The minimum atomic E-state index is -3.58. The van der Waals surface area contributed by atoms with Crippen LogP contribution in [0, 0.1) is 6.92 Å². The van der Waals surface area contributed by atoms with Gasteiger partial charge in [0.25, 0.3) is 5.91 Å². The first-order chi connectivity index (χ1) is 15.3. The maximum atomic E-state index is 13.1. The zero-order chi connectivity index (χ0) is 22.7. The molecule has 1 heterocycles. The second-order valence-corrected chi connectivity index (χ2v) is 10.4. The Bertz CT molecular complexity index is 1100. The third-order valence-corrected chi connectivity index (χ3v) is 8.16. The number of carbonyl (C=O) groups is 2. The Morgan fingerprint density at radius 3 is 2.25 bits per heavy atom. The molecular weight excluding hydrogens is 426 g/mol. The normalized spacial score (nSPS) is 17.0. The smallest absolute Gasteiger partial charge is 0.251 e. The summed E-state index contributed by atoms with van der Waals surface area (Å²) in [5.41, 5.74) is 3.94. The average Bonchev–Trinajstić information content (AvgIpc) is 2.82. The third kappa shape index (κ3) is 4.86. The highest BCUT2D eigenvalue weighted by molar-refractivity contribution is 7.89. The van der Waals surface area contributed by atoms with Crippen molar-refractivity contribution in [2.75, 3.05) is 32.7 Å². The SMILES string of the molecule is Cc1ccc(C(=O)NCC(=O)N2CCN(S(=O)(=O)c3ccc4c(c3)CCCC4)CC2)cc1. The number of sulfonamides is 1. The number of benzene rings is 2. The molecule has 0 unspecified atom stereocenters. The Balaban J connectivity index is 1.31. The van der Waals surface area contributed by atoms with Crippen molar-refractivity contribution in [2.45, 2.75) is 37.5 Å². The predicted octanol–water partition coefficient (Wildman–Crippen LogP) is 2.14. The number of nitrogens with zero attached hydrogens (tertiary/aromatic N) is 2. The molecule has 1 saturated heterocycles. The summed E-state index contributed by atoms with van der Waals surface area (Å²) in [5, 5.41) is 2.65. The van der Waals surface area contributed by atoms with Gasteiger partial charge in [-0.05, 0) is 68.0 Å². The zero-order valence-corrected chi connectivity index (χ0v) is 19.2. The van der Waals surface area contributed by atoms with Crippen LogP contribution in [-0.4, -0.2) is 62.2 Å². The highest BCUT2D eigenvalue weighted by Gasteiger charge is 2.30. The summed E-state index contributed by atoms with van der Waals surface area (Å²) in [7, 11) is -3.58. The Labute approximate surface area is 189 Å². The van der Waals surface area contributed by atoms with Crippen LogP contribution in [0.1, 0.15) is 39.9 Å². The zero-order valence-electron chi connectivity index (χ0n) is 18.3. The fraction of sp³-hybridized carbons (Fsp3) is 0.417. The van der Waals surface area contributed by atoms with Crippen LogP contribution in [0.3, 0.4) is 0 Å². The van der Waals surface area contributed by atoms with Crippen molar-refractivity contribution in [2.24, 2.45) is 0 Å². The fourth-order valence-corrected chi connectivity index (χ4v) is 5.75. The minimum Gasteiger partial charge on any atom is -0.343 e. The maximum Gasteiger partial charge on any atom is 0.251 e. The molecule has 170 valence electrons. The van der Waals surface area contributed by atoms with E-state index in [2.05, 4.69) is 5.32 Å². The van der Waals surface area contributed by atoms with Gasteiger partial charge in [0.2, 0.25) is 15.9 Å². The van der Waals surface area contributed by atoms with Crippen molar-refractivity contribution in [1.82, 2.24) is 14.5 Å². The van der Waals surface area contributed by atoms with E-state index in [0.717, 1.165) is 36.8 Å². The molecule has 0 saturated carbocycles. The van der Waals surface area contributed by atoms with Gasteiger partial charge in [-0.15, -0.1) is 0 Å². The molecule has 2 aromatic rings. The number of carbonyl (C=O) groups excluding carboxylic acids is 2. The summed E-state index contributed by atoms with van der Waals surface area (Å²) < 4.78 is 27.7. The van der Waals surface area contributed by atoms with Gasteiger partial charge >= 0.3 is 0 Å². The predicted molar refractivity (Wildman–Crippen MR) is 122 cm³/mol. The first-order valence-corrected chi connectivity index (χ1v) is 12.5. The molecule has 0 atom stereocenters. The van der Waals surface area contributed by atoms with Gasteiger partial charge in [-0.25, -0.2) is 8.42 Å². The Hall–Kier alpha value is -2.71. The van der Waals surface area contributed by atoms with Crippen LogP contribution in [0.4, 0.5) is 0 Å². The van der Waals surface area contributed by atoms with Crippen molar-refractivity contribution < 1.29 is 18.0 Å². The maximum absolute atomic E-state index is 13.1. The lowest BCUT2D eigenvalue weighted by Crippen LogP contribution is -2.52. The van der Waals surface area contributed by atoms with Crippen LogP contribution >= 0.6 is 0 Å². The molecule has 0 bridgehead atoms. The Morgan fingerprint density at radius 1 is 0.906 bits per heavy atom. The van der Waals surface area contributed by atoms with Crippen molar-refractivity contribution >= 4 is 21.8 Å². The first-order valence-electron chi connectivity index (χ1n) is 11.1. The van der Waals surface area contributed by atoms with E-state index in [0.29, 0.717) is 23.5 Å². The minimum absolute atomic E-state index is 0.107. The number of hydrogen-bond acceptors (Lipinski definition) is 4. The fourth-order valence-electron chi connectivity index (χ4n) is 4.27. The molecule has 2 aliphatic rings. The lowest BCUT2D eigenvalue weighted by Gasteiger charge is -2.34. The molecule has 2 aromatic carbocycles. The van der Waals surface area contributed by atoms with E-state index < -0.39 is 10.0 Å². The lowest BCUT2D eigenvalue weighted by atomic mass is 9.92. The number of amides is 2. The molecule has 1 aliphatic carbocycles. The quantitative estimate of drug-likeness (QED) is 0.748. The van der Waals surface area contributed by atoms with Gasteiger partial charge in [-0.1, -0.05) is 23.8 Å². The molecule has 0 aromatic heterocycles. The lowest BCUT2D eigenvalue weighted by molar-refractivity contribution is -0.131. The molecule has 8 heteroatoms. The van der Waals surface area contributed by atoms with Crippen LogP contribution in [-0.2, 0) is 27.7 Å². The van der Waals surface area contributed by atoms with E-state index in [1.54, 1.807) is 23.1 Å². The molecule has 7 nitrogen and oxygen atoms in total. The Morgan fingerprint density at radius 2 is 1.56 bits per heavy atom. The highest BCUT2D eigenvalue weighted by Crippen LogP contribution is 2.26. The van der Waals surface area contributed by atoms with Gasteiger partial charge in [0.05, 0.1) is 11.4 Å². The number of hydrogen-bond donors (Lipinski definition) is 1. The van der Waals surface area contributed by atoms with E-state index >= 15 is 0 Å². The van der Waals surface area contributed by atoms with Gasteiger partial charge in [-0.3, -0.25) is 9.59 Å². The molecule has 1 N–H and O–H groups in total. The summed E-state index contributed by atoms with van der Waals surface area (Å²) in [6.45, 7) is 2.95. The van der Waals surface area contributed by atoms with Gasteiger partial charge < -0.3 is 10.2 Å². The molecule has 0 radical (unpaired) electrons. The van der Waals surface area contributed by atoms with Crippen molar-refractivity contribution in [3.8, 4) is 0 Å². The molecule has 4 rings (SSSR count). The summed E-state index contributed by atoms with van der Waals surface area (Å²) in [5.74, 6) is -0.511. The second-order valence-electron chi connectivity index (χ2n) is 8.47. The number of piperazine rings is 1. The molecular formula is C24H29N3O4S. The first kappa shape index (κ1) is 22.5. The summed E-state index contributed by atoms with van der Waals surface area (Å²) in [6.07, 6.45) is 4.18. The van der Waals surface area contributed by atoms with E-state index in [9.17, 15) is 18.0 Å². The van der Waals surface area contributed by atoms with Crippen molar-refractivity contribution in [3.63, 3.8) is 0 Å². The summed E-state index contributed by atoms with van der Waals surface area (Å²) in [6, 6.07) is 12.6. The van der Waals surface area contributed by atoms with Crippen LogP contribution in [0.5, 0.6) is 0 Å². The van der Waals surface area contributed by atoms with E-state index in [-0.39, 0.29) is 31.4 Å². The van der Waals surface area contributed by atoms with Gasteiger partial charge in [0.1, 0.15) is 0 Å². The average molecular weight is 456 g/mol. The highest BCUT2D eigenvalue weighted by atomic mass is 32.2. The molecule has 0 spiro atoms. The van der Waals surface area contributed by atoms with Crippen LogP contribution in [0.25, 0.3) is 0 Å². The van der Waals surface area contributed by atoms with E-state index in [1.807, 2.05) is 31.2 Å². The largest absolute Gasteiger partial charge is 0.343 e. The van der Waals surface area contributed by atoms with Crippen molar-refractivity contribution in [1.29, 1.82) is 0 Å². The Kier molecular flexibility index (Phi) is 6.62. The molecule has 2 amide bonds. The standard InChI is InChI=1S/C24H29N3O4S/c1-18-6-8-20(9-7-18)24(29)25-17-23(28)26-12-14-27(15-13-26)32(30,31)22-11-10-19-4-2-3-5-21(19)16-22/h6-11,16H,2-5,12-15,17H2,1H3,(H,25,29). The molecule has 32 heavy (non-hydrogen) atoms. The monoisotopic (exact) mass is 455 g/mol. The second kappa shape index (κ2) is 9.42. The van der Waals surface area contributed by atoms with Gasteiger partial charge in [0, 0.05) is 31.7 Å². The van der Waals surface area contributed by atoms with Gasteiger partial charge in [-0.2, -0.15) is 4.31 Å². The number of fused-ring (bicyclic) bond motifs is 1. The number of rotatable bonds is 5. The molecule has 1 aliphatic heterocycles. The number of aryl methyl sites for hydroxylation is 3. The topological polar surface area (TPSA) is 86.8 Å². The van der Waals surface area contributed by atoms with Crippen molar-refractivity contribution in [3.05, 3.63) is 64.7 Å². The van der Waals surface area contributed by atoms with Crippen LogP contribution in [0.2, 0.25) is 0 Å². The van der Waals surface area contributed by atoms with Crippen LogP contribution in [0.15, 0.2) is 47.4 Å². The summed E-state index contributed by atoms with van der Waals surface area (Å²) >= 11 is 0.